The third kappa shape index (κ3) is 3.59. The quantitative estimate of drug-likeness (QED) is 0.921. The van der Waals surface area contributed by atoms with Crippen molar-refractivity contribution in [3.8, 4) is 0 Å². The third-order valence-corrected chi connectivity index (χ3v) is 3.50. The average molecular weight is 312 g/mol. The fourth-order valence-electron chi connectivity index (χ4n) is 1.72. The van der Waals surface area contributed by atoms with Crippen molar-refractivity contribution < 1.29 is 0 Å². The van der Waals surface area contributed by atoms with Crippen LogP contribution in [0.1, 0.15) is 24.2 Å². The number of nitrogens with one attached hydrogen (secondary N) is 1. The second-order valence-corrected chi connectivity index (χ2v) is 5.37. The second kappa shape index (κ2) is 6.23. The SMILES string of the molecule is CCNC(Cc1cncc(Br)c1)c1cscn1. The molecule has 0 aliphatic heterocycles. The largest absolute Gasteiger partial charge is 0.309 e. The number of thiazole rings is 1. The maximum Gasteiger partial charge on any atom is 0.0795 e. The molecular weight excluding hydrogens is 298 g/mol. The van der Waals surface area contributed by atoms with E-state index in [9.17, 15) is 0 Å². The van der Waals surface area contributed by atoms with Crippen LogP contribution >= 0.6 is 27.3 Å². The van der Waals surface area contributed by atoms with E-state index in [4.69, 9.17) is 0 Å². The minimum Gasteiger partial charge on any atom is -0.309 e. The number of aromatic nitrogens is 2. The lowest BCUT2D eigenvalue weighted by Crippen LogP contribution is -2.23. The summed E-state index contributed by atoms with van der Waals surface area (Å²) in [6, 6.07) is 2.37. The van der Waals surface area contributed by atoms with Crippen molar-refractivity contribution in [2.75, 3.05) is 6.54 Å². The van der Waals surface area contributed by atoms with Gasteiger partial charge in [-0.25, -0.2) is 4.98 Å². The molecule has 2 rings (SSSR count). The van der Waals surface area contributed by atoms with Gasteiger partial charge in [-0.1, -0.05) is 6.92 Å². The molecule has 3 nitrogen and oxygen atoms in total. The van der Waals surface area contributed by atoms with Gasteiger partial charge in [0.2, 0.25) is 0 Å². The Morgan fingerprint density at radius 3 is 3.00 bits per heavy atom. The predicted octanol–water partition coefficient (Wildman–Crippen LogP) is 3.19. The van der Waals surface area contributed by atoms with Crippen molar-refractivity contribution in [1.29, 1.82) is 0 Å². The van der Waals surface area contributed by atoms with Gasteiger partial charge in [-0.2, -0.15) is 0 Å². The van der Waals surface area contributed by atoms with Crippen LogP contribution in [0.2, 0.25) is 0 Å². The minimum atomic E-state index is 0.266. The number of hydrogen-bond donors (Lipinski definition) is 1. The van der Waals surface area contributed by atoms with Gasteiger partial charge in [0.1, 0.15) is 0 Å². The number of likely N-dealkylation sites (N-methyl/N-ethyl adjacent to an activating group) is 1. The van der Waals surface area contributed by atoms with Crippen LogP contribution in [0.5, 0.6) is 0 Å². The van der Waals surface area contributed by atoms with Crippen LogP contribution in [0.4, 0.5) is 0 Å². The average Bonchev–Trinajstić information content (AvgIpc) is 2.82. The first kappa shape index (κ1) is 12.7. The summed E-state index contributed by atoms with van der Waals surface area (Å²) < 4.78 is 1.02. The molecule has 0 amide bonds. The Hall–Kier alpha value is -0.780. The van der Waals surface area contributed by atoms with E-state index in [0.29, 0.717) is 0 Å². The van der Waals surface area contributed by atoms with Gasteiger partial charge in [0, 0.05) is 22.2 Å². The van der Waals surface area contributed by atoms with Crippen LogP contribution in [0, 0.1) is 0 Å². The first-order valence-corrected chi connectivity index (χ1v) is 7.24. The Balaban J connectivity index is 2.13. The molecule has 5 heteroatoms. The highest BCUT2D eigenvalue weighted by atomic mass is 79.9. The molecule has 1 unspecified atom stereocenters. The monoisotopic (exact) mass is 311 g/mol. The van der Waals surface area contributed by atoms with E-state index in [1.165, 1.54) is 5.56 Å². The van der Waals surface area contributed by atoms with Gasteiger partial charge in [0.05, 0.1) is 17.2 Å². The predicted molar refractivity (Wildman–Crippen MR) is 74.2 cm³/mol. The molecule has 0 aliphatic carbocycles. The Kier molecular flexibility index (Phi) is 4.65. The van der Waals surface area contributed by atoms with Gasteiger partial charge < -0.3 is 5.32 Å². The fourth-order valence-corrected chi connectivity index (χ4v) is 2.75. The van der Waals surface area contributed by atoms with E-state index in [1.54, 1.807) is 17.5 Å². The molecule has 0 bridgehead atoms. The highest BCUT2D eigenvalue weighted by Gasteiger charge is 2.13. The molecule has 1 N–H and O–H groups in total. The summed E-state index contributed by atoms with van der Waals surface area (Å²) in [5, 5.41) is 5.55. The summed E-state index contributed by atoms with van der Waals surface area (Å²) in [6.07, 6.45) is 4.61. The molecule has 0 aromatic carbocycles. The summed E-state index contributed by atoms with van der Waals surface area (Å²) in [5.41, 5.74) is 4.19. The Labute approximate surface area is 113 Å². The second-order valence-electron chi connectivity index (χ2n) is 3.74. The molecule has 1 atom stereocenters. The summed E-state index contributed by atoms with van der Waals surface area (Å²) in [5.74, 6) is 0. The Morgan fingerprint density at radius 2 is 2.35 bits per heavy atom. The van der Waals surface area contributed by atoms with Gasteiger partial charge in [0.25, 0.3) is 0 Å². The summed E-state index contributed by atoms with van der Waals surface area (Å²) in [4.78, 5) is 8.56. The Morgan fingerprint density at radius 1 is 1.47 bits per heavy atom. The molecule has 2 heterocycles. The molecule has 0 saturated heterocycles. The van der Waals surface area contributed by atoms with E-state index in [-0.39, 0.29) is 6.04 Å². The molecule has 0 saturated carbocycles. The van der Waals surface area contributed by atoms with Crippen molar-refractivity contribution in [2.45, 2.75) is 19.4 Å². The lowest BCUT2D eigenvalue weighted by Gasteiger charge is -2.15. The number of pyridine rings is 1. The van der Waals surface area contributed by atoms with Crippen LogP contribution in [0.25, 0.3) is 0 Å². The van der Waals surface area contributed by atoms with Crippen molar-refractivity contribution in [3.05, 3.63) is 45.1 Å². The Bertz CT molecular complexity index is 459. The summed E-state index contributed by atoms with van der Waals surface area (Å²) in [6.45, 7) is 3.04. The molecular formula is C12H14BrN3S. The molecule has 90 valence electrons. The van der Waals surface area contributed by atoms with E-state index in [1.807, 2.05) is 11.7 Å². The van der Waals surface area contributed by atoms with E-state index in [2.05, 4.69) is 49.6 Å². The lowest BCUT2D eigenvalue weighted by atomic mass is 10.1. The van der Waals surface area contributed by atoms with E-state index < -0.39 is 0 Å². The normalized spacial score (nSPS) is 12.6. The van der Waals surface area contributed by atoms with Crippen molar-refractivity contribution in [2.24, 2.45) is 0 Å². The molecule has 0 radical (unpaired) electrons. The topological polar surface area (TPSA) is 37.8 Å². The van der Waals surface area contributed by atoms with Crippen molar-refractivity contribution in [3.63, 3.8) is 0 Å². The van der Waals surface area contributed by atoms with Gasteiger partial charge in [0.15, 0.2) is 0 Å². The summed E-state index contributed by atoms with van der Waals surface area (Å²) in [7, 11) is 0. The smallest absolute Gasteiger partial charge is 0.0795 e. The first-order valence-electron chi connectivity index (χ1n) is 5.50. The highest BCUT2D eigenvalue weighted by Crippen LogP contribution is 2.19. The zero-order valence-corrected chi connectivity index (χ0v) is 12.0. The van der Waals surface area contributed by atoms with Gasteiger partial charge in [-0.05, 0) is 40.5 Å². The maximum atomic E-state index is 4.38. The van der Waals surface area contributed by atoms with E-state index >= 15 is 0 Å². The van der Waals surface area contributed by atoms with Crippen LogP contribution in [0.3, 0.4) is 0 Å². The standard InChI is InChI=1S/C12H14BrN3S/c1-2-15-11(12-7-17-8-16-12)4-9-3-10(13)6-14-5-9/h3,5-8,11,15H,2,4H2,1H3. The highest BCUT2D eigenvalue weighted by molar-refractivity contribution is 9.10. The lowest BCUT2D eigenvalue weighted by molar-refractivity contribution is 0.538. The van der Waals surface area contributed by atoms with Crippen LogP contribution in [-0.2, 0) is 6.42 Å². The number of rotatable bonds is 5. The minimum absolute atomic E-state index is 0.266. The molecule has 2 aromatic heterocycles. The van der Waals surface area contributed by atoms with Crippen LogP contribution in [-0.4, -0.2) is 16.5 Å². The molecule has 2 aromatic rings. The van der Waals surface area contributed by atoms with E-state index in [0.717, 1.165) is 23.1 Å². The van der Waals surface area contributed by atoms with Crippen molar-refractivity contribution in [1.82, 2.24) is 15.3 Å². The van der Waals surface area contributed by atoms with Crippen LogP contribution < -0.4 is 5.32 Å². The zero-order valence-electron chi connectivity index (χ0n) is 9.56. The third-order valence-electron chi connectivity index (χ3n) is 2.46. The molecule has 0 fully saturated rings. The number of hydrogen-bond acceptors (Lipinski definition) is 4. The molecule has 17 heavy (non-hydrogen) atoms. The maximum absolute atomic E-state index is 4.38. The molecule has 0 spiro atoms. The molecule has 0 aliphatic rings. The van der Waals surface area contributed by atoms with Crippen molar-refractivity contribution >= 4 is 27.3 Å². The summed E-state index contributed by atoms with van der Waals surface area (Å²) >= 11 is 5.07. The van der Waals surface area contributed by atoms with Gasteiger partial charge in [-0.3, -0.25) is 4.98 Å². The number of halogens is 1. The zero-order chi connectivity index (χ0) is 12.1. The first-order chi connectivity index (χ1) is 8.29. The number of nitrogens with zero attached hydrogens (tertiary/aromatic N) is 2. The van der Waals surface area contributed by atoms with Gasteiger partial charge >= 0.3 is 0 Å². The van der Waals surface area contributed by atoms with Crippen LogP contribution in [0.15, 0.2) is 33.8 Å². The fraction of sp³-hybridized carbons (Fsp3) is 0.333. The van der Waals surface area contributed by atoms with Gasteiger partial charge in [-0.15, -0.1) is 11.3 Å².